The Morgan fingerprint density at radius 1 is 1.09 bits per heavy atom. The Bertz CT molecular complexity index is 1240. The predicted octanol–water partition coefficient (Wildman–Crippen LogP) is 3.99. The maximum atomic E-state index is 13.3. The van der Waals surface area contributed by atoms with Gasteiger partial charge in [0.1, 0.15) is 18.1 Å². The smallest absolute Gasteiger partial charge is 0.267 e. The van der Waals surface area contributed by atoms with Gasteiger partial charge >= 0.3 is 0 Å². The Balaban J connectivity index is 1.56. The van der Waals surface area contributed by atoms with Gasteiger partial charge in [0.05, 0.1) is 18.0 Å². The summed E-state index contributed by atoms with van der Waals surface area (Å²) in [5.41, 5.74) is 1.60. The number of fused-ring (bicyclic) bond motifs is 1. The molecule has 0 fully saturated rings. The normalized spacial score (nSPS) is 15.2. The SMILES string of the molecule is C=CCOc1cccc(NC(=O)[C@H]2CN(S(=O)(=O)Cc3ccccc3)c3ccccc3O2)c1. The number of anilines is 2. The molecule has 7 nitrogen and oxygen atoms in total. The Hall–Kier alpha value is -3.78. The van der Waals surface area contributed by atoms with Crippen molar-refractivity contribution in [3.8, 4) is 11.5 Å². The molecule has 0 saturated heterocycles. The number of nitrogens with one attached hydrogen (secondary N) is 1. The third-order valence-corrected chi connectivity index (χ3v) is 6.74. The molecule has 1 aliphatic heterocycles. The van der Waals surface area contributed by atoms with Crippen molar-refractivity contribution >= 4 is 27.3 Å². The summed E-state index contributed by atoms with van der Waals surface area (Å²) in [5.74, 6) is 0.280. The molecule has 0 saturated carbocycles. The quantitative estimate of drug-likeness (QED) is 0.510. The number of carbonyl (C=O) groups is 1. The summed E-state index contributed by atoms with van der Waals surface area (Å²) >= 11 is 0. The van der Waals surface area contributed by atoms with Crippen LogP contribution in [-0.2, 0) is 20.6 Å². The highest BCUT2D eigenvalue weighted by molar-refractivity contribution is 7.92. The van der Waals surface area contributed by atoms with E-state index in [9.17, 15) is 13.2 Å². The van der Waals surface area contributed by atoms with Gasteiger partial charge in [0.2, 0.25) is 10.0 Å². The van der Waals surface area contributed by atoms with Gasteiger partial charge in [-0.1, -0.05) is 61.2 Å². The molecule has 8 heteroatoms. The number of amides is 1. The van der Waals surface area contributed by atoms with Gasteiger partial charge < -0.3 is 14.8 Å². The van der Waals surface area contributed by atoms with Crippen molar-refractivity contribution in [3.05, 3.63) is 97.1 Å². The second kappa shape index (κ2) is 9.79. The van der Waals surface area contributed by atoms with Crippen LogP contribution < -0.4 is 19.1 Å². The number of hydrogen-bond donors (Lipinski definition) is 1. The Kier molecular flexibility index (Phi) is 6.65. The molecule has 1 amide bonds. The molecular weight excluding hydrogens is 440 g/mol. The van der Waals surface area contributed by atoms with Crippen molar-refractivity contribution in [2.75, 3.05) is 22.8 Å². The van der Waals surface area contributed by atoms with Gasteiger partial charge in [-0.3, -0.25) is 9.10 Å². The van der Waals surface area contributed by atoms with Crippen LogP contribution >= 0.6 is 0 Å². The van der Waals surface area contributed by atoms with Crippen LogP contribution in [0.15, 0.2) is 91.5 Å². The average molecular weight is 465 g/mol. The van der Waals surface area contributed by atoms with Crippen LogP contribution in [0, 0.1) is 0 Å². The molecular formula is C25H24N2O5S. The van der Waals surface area contributed by atoms with E-state index in [-0.39, 0.29) is 12.3 Å². The molecule has 1 heterocycles. The van der Waals surface area contributed by atoms with Crippen molar-refractivity contribution in [3.63, 3.8) is 0 Å². The topological polar surface area (TPSA) is 84.9 Å². The van der Waals surface area contributed by atoms with E-state index in [0.717, 1.165) is 0 Å². The highest BCUT2D eigenvalue weighted by Gasteiger charge is 2.36. The van der Waals surface area contributed by atoms with E-state index in [2.05, 4.69) is 11.9 Å². The number of hydrogen-bond acceptors (Lipinski definition) is 5. The molecule has 0 radical (unpaired) electrons. The van der Waals surface area contributed by atoms with E-state index in [1.54, 1.807) is 78.9 Å². The minimum atomic E-state index is -3.76. The lowest BCUT2D eigenvalue weighted by Gasteiger charge is -2.34. The van der Waals surface area contributed by atoms with Crippen LogP contribution in [0.25, 0.3) is 0 Å². The molecule has 33 heavy (non-hydrogen) atoms. The maximum absolute atomic E-state index is 13.3. The van der Waals surface area contributed by atoms with Gasteiger partial charge in [-0.05, 0) is 29.8 Å². The van der Waals surface area contributed by atoms with E-state index < -0.39 is 22.0 Å². The second-order valence-electron chi connectivity index (χ2n) is 7.46. The highest BCUT2D eigenvalue weighted by atomic mass is 32.2. The molecule has 0 aromatic heterocycles. The number of para-hydroxylation sites is 2. The van der Waals surface area contributed by atoms with Crippen molar-refractivity contribution in [2.24, 2.45) is 0 Å². The molecule has 4 rings (SSSR count). The van der Waals surface area contributed by atoms with Gasteiger partial charge in [0, 0.05) is 11.8 Å². The van der Waals surface area contributed by atoms with Crippen LogP contribution in [0.5, 0.6) is 11.5 Å². The van der Waals surface area contributed by atoms with Gasteiger partial charge in [-0.2, -0.15) is 0 Å². The fourth-order valence-electron chi connectivity index (χ4n) is 3.51. The number of carbonyl (C=O) groups excluding carboxylic acids is 1. The molecule has 1 atom stereocenters. The Morgan fingerprint density at radius 2 is 1.85 bits per heavy atom. The summed E-state index contributed by atoms with van der Waals surface area (Å²) in [6, 6.07) is 22.7. The fourth-order valence-corrected chi connectivity index (χ4v) is 5.09. The van der Waals surface area contributed by atoms with Crippen LogP contribution in [-0.4, -0.2) is 33.6 Å². The van der Waals surface area contributed by atoms with Gasteiger partial charge in [-0.15, -0.1) is 0 Å². The van der Waals surface area contributed by atoms with Crippen molar-refractivity contribution in [2.45, 2.75) is 11.9 Å². The Morgan fingerprint density at radius 3 is 2.64 bits per heavy atom. The molecule has 0 aliphatic carbocycles. The average Bonchev–Trinajstić information content (AvgIpc) is 2.82. The molecule has 0 spiro atoms. The van der Waals surface area contributed by atoms with E-state index in [1.807, 2.05) is 6.07 Å². The maximum Gasteiger partial charge on any atom is 0.267 e. The van der Waals surface area contributed by atoms with Crippen LogP contribution in [0.4, 0.5) is 11.4 Å². The van der Waals surface area contributed by atoms with Crippen LogP contribution in [0.1, 0.15) is 5.56 Å². The zero-order valence-electron chi connectivity index (χ0n) is 17.9. The molecule has 170 valence electrons. The fraction of sp³-hybridized carbons (Fsp3) is 0.160. The molecule has 3 aromatic rings. The van der Waals surface area contributed by atoms with Crippen molar-refractivity contribution in [1.29, 1.82) is 0 Å². The largest absolute Gasteiger partial charge is 0.489 e. The van der Waals surface area contributed by atoms with Crippen molar-refractivity contribution in [1.82, 2.24) is 0 Å². The highest BCUT2D eigenvalue weighted by Crippen LogP contribution is 2.36. The molecule has 1 N–H and O–H groups in total. The minimum Gasteiger partial charge on any atom is -0.489 e. The summed E-state index contributed by atoms with van der Waals surface area (Å²) in [4.78, 5) is 13.0. The summed E-state index contributed by atoms with van der Waals surface area (Å²) in [5, 5.41) is 2.79. The third kappa shape index (κ3) is 5.35. The number of rotatable bonds is 8. The van der Waals surface area contributed by atoms with E-state index >= 15 is 0 Å². The number of ether oxygens (including phenoxy) is 2. The van der Waals surface area contributed by atoms with Gasteiger partial charge in [0.15, 0.2) is 6.10 Å². The zero-order valence-corrected chi connectivity index (χ0v) is 18.7. The number of nitrogens with zero attached hydrogens (tertiary/aromatic N) is 1. The van der Waals surface area contributed by atoms with E-state index in [1.165, 1.54) is 4.31 Å². The first-order chi connectivity index (χ1) is 16.0. The van der Waals surface area contributed by atoms with E-state index in [4.69, 9.17) is 9.47 Å². The predicted molar refractivity (Wildman–Crippen MR) is 128 cm³/mol. The first-order valence-corrected chi connectivity index (χ1v) is 12.0. The summed E-state index contributed by atoms with van der Waals surface area (Å²) in [7, 11) is -3.76. The van der Waals surface area contributed by atoms with Gasteiger partial charge in [-0.25, -0.2) is 8.42 Å². The first-order valence-electron chi connectivity index (χ1n) is 10.4. The molecule has 0 bridgehead atoms. The minimum absolute atomic E-state index is 0.134. The lowest BCUT2D eigenvalue weighted by molar-refractivity contribution is -0.122. The van der Waals surface area contributed by atoms with Gasteiger partial charge in [0.25, 0.3) is 5.91 Å². The first kappa shape index (κ1) is 22.4. The summed E-state index contributed by atoms with van der Waals surface area (Å²) in [6.07, 6.45) is 0.603. The number of sulfonamides is 1. The lowest BCUT2D eigenvalue weighted by Crippen LogP contribution is -2.49. The van der Waals surface area contributed by atoms with Crippen LogP contribution in [0.3, 0.4) is 0 Å². The molecule has 1 aliphatic rings. The van der Waals surface area contributed by atoms with E-state index in [0.29, 0.717) is 35.0 Å². The standard InChI is InChI=1S/C25H24N2O5S/c1-2-15-31-21-12-8-11-20(16-21)26-25(28)24-17-27(22-13-6-7-14-23(22)32-24)33(29,30)18-19-9-4-3-5-10-19/h2-14,16,24H,1,15,17-18H2,(H,26,28)/t24-/m1/s1. The zero-order chi connectivity index (χ0) is 23.3. The van der Waals surface area contributed by atoms with Crippen molar-refractivity contribution < 1.29 is 22.7 Å². The second-order valence-corrected chi connectivity index (χ2v) is 9.36. The monoisotopic (exact) mass is 464 g/mol. The van der Waals surface area contributed by atoms with Crippen LogP contribution in [0.2, 0.25) is 0 Å². The lowest BCUT2D eigenvalue weighted by atomic mass is 10.2. The summed E-state index contributed by atoms with van der Waals surface area (Å²) in [6.45, 7) is 3.82. The third-order valence-electron chi connectivity index (χ3n) is 5.02. The molecule has 0 unspecified atom stereocenters. The summed E-state index contributed by atoms with van der Waals surface area (Å²) < 4.78 is 39.2. The Labute approximate surface area is 193 Å². The molecule has 3 aromatic carbocycles. The number of benzene rings is 3.